The Bertz CT molecular complexity index is 1120. The third kappa shape index (κ3) is 3.65. The summed E-state index contributed by atoms with van der Waals surface area (Å²) in [5, 5.41) is 34.9. The van der Waals surface area contributed by atoms with Crippen LogP contribution in [0.25, 0.3) is 0 Å². The molecule has 1 aromatic heterocycles. The minimum Gasteiger partial charge on any atom is -0.314 e. The van der Waals surface area contributed by atoms with Gasteiger partial charge in [0.2, 0.25) is 6.04 Å². The molecule has 2 heterocycles. The van der Waals surface area contributed by atoms with Crippen LogP contribution in [0.3, 0.4) is 0 Å². The Balaban J connectivity index is 2.30. The molecule has 0 bridgehead atoms. The van der Waals surface area contributed by atoms with Crippen LogP contribution in [-0.2, 0) is 4.79 Å². The monoisotopic (exact) mass is 412 g/mol. The van der Waals surface area contributed by atoms with Crippen LogP contribution in [0.15, 0.2) is 53.3 Å². The van der Waals surface area contributed by atoms with E-state index < -0.39 is 39.1 Å². The average Bonchev–Trinajstić information content (AvgIpc) is 2.66. The lowest BCUT2D eigenvalue weighted by atomic mass is 9.82. The summed E-state index contributed by atoms with van der Waals surface area (Å²) in [6.07, 6.45) is 3.28. The number of thiol groups is 1. The van der Waals surface area contributed by atoms with E-state index in [0.29, 0.717) is 0 Å². The molecule has 11 heteroatoms. The van der Waals surface area contributed by atoms with Gasteiger partial charge < -0.3 is 5.32 Å². The summed E-state index contributed by atoms with van der Waals surface area (Å²) in [6, 6.07) is 7.59. The van der Waals surface area contributed by atoms with Crippen LogP contribution < -0.4 is 9.88 Å². The number of pyridine rings is 1. The van der Waals surface area contributed by atoms with Gasteiger partial charge >= 0.3 is 0 Å². The zero-order chi connectivity index (χ0) is 21.3. The zero-order valence-electron chi connectivity index (χ0n) is 15.0. The summed E-state index contributed by atoms with van der Waals surface area (Å²) in [5.41, 5.74) is -0.155. The number of allylic oxidation sites excluding steroid dienone is 1. The molecule has 1 aromatic carbocycles. The van der Waals surface area contributed by atoms with Gasteiger partial charge in [0.25, 0.3) is 17.3 Å². The van der Waals surface area contributed by atoms with Gasteiger partial charge in [-0.3, -0.25) is 25.0 Å². The van der Waals surface area contributed by atoms with Crippen LogP contribution in [-0.4, -0.2) is 15.8 Å². The van der Waals surface area contributed by atoms with Crippen LogP contribution >= 0.6 is 12.6 Å². The third-order valence-corrected chi connectivity index (χ3v) is 4.91. The predicted octanol–water partition coefficient (Wildman–Crippen LogP) is 2.22. The van der Waals surface area contributed by atoms with Crippen LogP contribution in [0.2, 0.25) is 0 Å². The number of benzene rings is 1. The lowest BCUT2D eigenvalue weighted by molar-refractivity contribution is -0.711. The van der Waals surface area contributed by atoms with Gasteiger partial charge in [0, 0.05) is 23.3 Å². The predicted molar refractivity (Wildman–Crippen MR) is 103 cm³/mol. The molecule has 0 saturated carbocycles. The molecular weight excluding hydrogens is 398 g/mol. The quantitative estimate of drug-likeness (QED) is 0.341. The number of carbonyl (C=O) groups is 1. The van der Waals surface area contributed by atoms with E-state index in [1.54, 1.807) is 23.0 Å². The third-order valence-electron chi connectivity index (χ3n) is 4.56. The number of hydrogen-bond donors (Lipinski definition) is 2. The summed E-state index contributed by atoms with van der Waals surface area (Å²) in [6.45, 7) is 1.81. The highest BCUT2D eigenvalue weighted by Crippen LogP contribution is 2.42. The maximum Gasteiger partial charge on any atom is 0.294 e. The lowest BCUT2D eigenvalue weighted by Crippen LogP contribution is -2.53. The van der Waals surface area contributed by atoms with Crippen LogP contribution in [0.1, 0.15) is 23.1 Å². The van der Waals surface area contributed by atoms with Crippen molar-refractivity contribution in [2.24, 2.45) is 0 Å². The fourth-order valence-electron chi connectivity index (χ4n) is 3.33. The number of nitrogens with one attached hydrogen (secondary N) is 1. The first-order chi connectivity index (χ1) is 13.7. The molecule has 0 unspecified atom stereocenters. The number of amides is 1. The Kier molecular flexibility index (Phi) is 5.29. The second-order valence-corrected chi connectivity index (χ2v) is 6.82. The summed E-state index contributed by atoms with van der Waals surface area (Å²) in [5.74, 6) is -1.57. The van der Waals surface area contributed by atoms with E-state index in [0.717, 1.165) is 17.7 Å². The van der Waals surface area contributed by atoms with Crippen molar-refractivity contribution in [1.82, 2.24) is 5.32 Å². The van der Waals surface area contributed by atoms with Gasteiger partial charge in [-0.25, -0.2) is 0 Å². The molecule has 0 radical (unpaired) electrons. The summed E-state index contributed by atoms with van der Waals surface area (Å²) in [7, 11) is 0. The Hall–Kier alpha value is -3.78. The number of nitriles is 1. The van der Waals surface area contributed by atoms with Crippen molar-refractivity contribution in [2.75, 3.05) is 0 Å². The molecule has 0 aliphatic carbocycles. The van der Waals surface area contributed by atoms with Gasteiger partial charge in [-0.15, -0.1) is 12.6 Å². The average molecular weight is 412 g/mol. The molecule has 146 valence electrons. The molecule has 0 saturated heterocycles. The number of aryl methyl sites for hydroxylation is 1. The van der Waals surface area contributed by atoms with Gasteiger partial charge in [0.15, 0.2) is 12.4 Å². The van der Waals surface area contributed by atoms with Crippen molar-refractivity contribution in [3.05, 3.63) is 84.7 Å². The first-order valence-corrected chi connectivity index (χ1v) is 8.73. The molecule has 2 aromatic rings. The van der Waals surface area contributed by atoms with Crippen molar-refractivity contribution in [3.63, 3.8) is 0 Å². The number of nitro groups is 2. The molecule has 2 atom stereocenters. The first kappa shape index (κ1) is 20.0. The molecule has 1 N–H and O–H groups in total. The summed E-state index contributed by atoms with van der Waals surface area (Å²) in [4.78, 5) is 34.0. The second-order valence-electron chi connectivity index (χ2n) is 6.37. The van der Waals surface area contributed by atoms with Gasteiger partial charge in [0.05, 0.1) is 38.5 Å². The molecule has 1 aliphatic rings. The van der Waals surface area contributed by atoms with Gasteiger partial charge in [-0.1, -0.05) is 0 Å². The maximum absolute atomic E-state index is 12.8. The van der Waals surface area contributed by atoms with Crippen LogP contribution in [0, 0.1) is 38.5 Å². The normalized spacial score (nSPS) is 18.7. The van der Waals surface area contributed by atoms with E-state index in [1.807, 2.05) is 19.1 Å². The largest absolute Gasteiger partial charge is 0.314 e. The molecule has 1 aliphatic heterocycles. The Morgan fingerprint density at radius 2 is 1.97 bits per heavy atom. The fourth-order valence-corrected chi connectivity index (χ4v) is 3.62. The zero-order valence-corrected chi connectivity index (χ0v) is 15.9. The van der Waals surface area contributed by atoms with Crippen LogP contribution in [0.4, 0.5) is 11.4 Å². The maximum atomic E-state index is 12.8. The molecule has 10 nitrogen and oxygen atoms in total. The van der Waals surface area contributed by atoms with E-state index in [1.165, 1.54) is 6.07 Å². The van der Waals surface area contributed by atoms with Gasteiger partial charge in [-0.05, 0) is 19.1 Å². The number of carbonyl (C=O) groups excluding carboxylic acids is 1. The van der Waals surface area contributed by atoms with Crippen molar-refractivity contribution < 1.29 is 19.2 Å². The molecule has 29 heavy (non-hydrogen) atoms. The molecule has 3 rings (SSSR count). The smallest absolute Gasteiger partial charge is 0.294 e. The minimum absolute atomic E-state index is 0.0116. The highest BCUT2D eigenvalue weighted by Gasteiger charge is 2.47. The Labute approximate surface area is 169 Å². The number of non-ortho nitro benzene ring substituents is 1. The second kappa shape index (κ2) is 7.69. The van der Waals surface area contributed by atoms with E-state index in [9.17, 15) is 30.3 Å². The highest BCUT2D eigenvalue weighted by atomic mass is 32.1. The van der Waals surface area contributed by atoms with E-state index in [-0.39, 0.29) is 16.2 Å². The summed E-state index contributed by atoms with van der Waals surface area (Å²) >= 11 is 4.16. The molecule has 0 fully saturated rings. The molecular formula is C18H14N5O5S+. The standard InChI is InChI=1S/C18H13N5O5S/c1-10-3-2-6-21(9-10)16-15(13(8-19)18(29)20-17(16)24)12-5-4-11(22(25)26)7-14(12)23(27)28/h2-7,9,15-16H,1H3,(H-,20,24,29)/p+1/t15-,16-/m0/s1. The number of rotatable bonds is 4. The molecule has 0 spiro atoms. The van der Waals surface area contributed by atoms with Crippen molar-refractivity contribution in [2.45, 2.75) is 18.9 Å². The minimum atomic E-state index is -1.06. The van der Waals surface area contributed by atoms with E-state index >= 15 is 0 Å². The highest BCUT2D eigenvalue weighted by molar-refractivity contribution is 7.84. The Morgan fingerprint density at radius 1 is 1.24 bits per heavy atom. The van der Waals surface area contributed by atoms with Gasteiger partial charge in [-0.2, -0.15) is 9.83 Å². The van der Waals surface area contributed by atoms with Crippen molar-refractivity contribution in [1.29, 1.82) is 5.26 Å². The van der Waals surface area contributed by atoms with Crippen molar-refractivity contribution in [3.8, 4) is 6.07 Å². The Morgan fingerprint density at radius 3 is 2.55 bits per heavy atom. The number of nitrogens with zero attached hydrogens (tertiary/aromatic N) is 4. The fraction of sp³-hybridized carbons (Fsp3) is 0.167. The van der Waals surface area contributed by atoms with E-state index in [2.05, 4.69) is 17.9 Å². The number of aromatic nitrogens is 1. The number of nitro benzene ring substituents is 2. The summed E-state index contributed by atoms with van der Waals surface area (Å²) < 4.78 is 1.55. The van der Waals surface area contributed by atoms with E-state index in [4.69, 9.17) is 0 Å². The SMILES string of the molecule is Cc1ccc[n+]([C@@H]2C(=O)NC(S)=C(C#N)[C@@H]2c2ccc([N+](=O)[O-])cc2[N+](=O)[O-])c1. The lowest BCUT2D eigenvalue weighted by Gasteiger charge is -2.27. The first-order valence-electron chi connectivity index (χ1n) is 8.28. The molecule has 1 amide bonds. The topological polar surface area (TPSA) is 143 Å². The van der Waals surface area contributed by atoms with Crippen LogP contribution in [0.5, 0.6) is 0 Å². The van der Waals surface area contributed by atoms with Crippen molar-refractivity contribution >= 4 is 29.9 Å². The van der Waals surface area contributed by atoms with Gasteiger partial charge in [0.1, 0.15) is 0 Å². The number of hydrogen-bond acceptors (Lipinski definition) is 7.